The number of ether oxygens (including phenoxy) is 1. The normalized spacial score (nSPS) is 19.2. The maximum atomic E-state index is 12.1. The first kappa shape index (κ1) is 15.2. The summed E-state index contributed by atoms with van der Waals surface area (Å²) in [6, 6.07) is 4.25. The van der Waals surface area contributed by atoms with Crippen molar-refractivity contribution in [3.05, 3.63) is 17.8 Å². The van der Waals surface area contributed by atoms with E-state index in [0.717, 1.165) is 44.0 Å². The first-order chi connectivity index (χ1) is 10.7. The summed E-state index contributed by atoms with van der Waals surface area (Å²) < 4.78 is 5.48. The van der Waals surface area contributed by atoms with E-state index in [0.29, 0.717) is 12.0 Å². The first-order valence-electron chi connectivity index (χ1n) is 8.13. The van der Waals surface area contributed by atoms with Gasteiger partial charge in [-0.1, -0.05) is 0 Å². The van der Waals surface area contributed by atoms with Gasteiger partial charge >= 0.3 is 0 Å². The number of carbonyl (C=O) groups is 1. The lowest BCUT2D eigenvalue weighted by molar-refractivity contribution is -0.137. The average Bonchev–Trinajstić information content (AvgIpc) is 3.34. The summed E-state index contributed by atoms with van der Waals surface area (Å²) in [7, 11) is 0. The fraction of sp³-hybridized carbons (Fsp3) is 0.688. The van der Waals surface area contributed by atoms with E-state index < -0.39 is 0 Å². The molecule has 0 bridgehead atoms. The lowest BCUT2D eigenvalue weighted by atomic mass is 10.1. The summed E-state index contributed by atoms with van der Waals surface area (Å²) in [6.07, 6.45) is 4.38. The lowest BCUT2D eigenvalue weighted by Gasteiger charge is -2.32. The largest absolute Gasteiger partial charge is 0.371 e. The van der Waals surface area contributed by atoms with Crippen LogP contribution in [-0.4, -0.2) is 53.3 Å². The van der Waals surface area contributed by atoms with Crippen molar-refractivity contribution in [2.24, 2.45) is 5.92 Å². The molecule has 0 aromatic carbocycles. The Labute approximate surface area is 131 Å². The van der Waals surface area contributed by atoms with Gasteiger partial charge in [0.25, 0.3) is 0 Å². The van der Waals surface area contributed by atoms with E-state index in [-0.39, 0.29) is 12.5 Å². The van der Waals surface area contributed by atoms with Crippen LogP contribution in [-0.2, 0) is 9.53 Å². The molecule has 0 unspecified atom stereocenters. The number of piperidine rings is 1. The smallest absolute Gasteiger partial charge is 0.248 e. The molecular weight excluding hydrogens is 280 g/mol. The van der Waals surface area contributed by atoms with E-state index in [4.69, 9.17) is 4.74 Å². The van der Waals surface area contributed by atoms with Gasteiger partial charge in [-0.15, -0.1) is 5.10 Å². The molecule has 1 saturated carbocycles. The molecule has 1 aromatic rings. The molecule has 3 rings (SSSR count). The van der Waals surface area contributed by atoms with Gasteiger partial charge < -0.3 is 15.0 Å². The van der Waals surface area contributed by atoms with Crippen LogP contribution in [0.25, 0.3) is 0 Å². The van der Waals surface area contributed by atoms with Gasteiger partial charge in [0, 0.05) is 19.1 Å². The van der Waals surface area contributed by atoms with Crippen molar-refractivity contribution in [1.29, 1.82) is 0 Å². The summed E-state index contributed by atoms with van der Waals surface area (Å²) in [5.74, 6) is 1.63. The van der Waals surface area contributed by atoms with Crippen LogP contribution in [0.2, 0.25) is 0 Å². The van der Waals surface area contributed by atoms with Gasteiger partial charge in [0.1, 0.15) is 12.4 Å². The second-order valence-electron chi connectivity index (χ2n) is 6.32. The lowest BCUT2D eigenvalue weighted by Crippen LogP contribution is -2.44. The third kappa shape index (κ3) is 4.40. The zero-order chi connectivity index (χ0) is 15.4. The fourth-order valence-corrected chi connectivity index (χ4v) is 2.65. The summed E-state index contributed by atoms with van der Waals surface area (Å²) in [6.45, 7) is 4.46. The van der Waals surface area contributed by atoms with E-state index in [1.807, 2.05) is 24.0 Å². The fourth-order valence-electron chi connectivity index (χ4n) is 2.65. The van der Waals surface area contributed by atoms with Crippen LogP contribution in [0.15, 0.2) is 12.1 Å². The number of nitrogens with zero attached hydrogens (tertiary/aromatic N) is 3. The summed E-state index contributed by atoms with van der Waals surface area (Å²) in [5.41, 5.74) is 0.914. The van der Waals surface area contributed by atoms with Crippen molar-refractivity contribution in [3.8, 4) is 0 Å². The number of nitrogens with one attached hydrogen (secondary N) is 1. The highest BCUT2D eigenvalue weighted by Crippen LogP contribution is 2.28. The highest BCUT2D eigenvalue weighted by Gasteiger charge is 2.25. The Balaban J connectivity index is 1.37. The summed E-state index contributed by atoms with van der Waals surface area (Å²) >= 11 is 0. The zero-order valence-electron chi connectivity index (χ0n) is 13.1. The van der Waals surface area contributed by atoms with Gasteiger partial charge in [-0.2, -0.15) is 5.10 Å². The van der Waals surface area contributed by atoms with Crippen molar-refractivity contribution in [2.75, 3.05) is 31.6 Å². The van der Waals surface area contributed by atoms with E-state index in [9.17, 15) is 4.79 Å². The zero-order valence-corrected chi connectivity index (χ0v) is 13.1. The molecule has 22 heavy (non-hydrogen) atoms. The van der Waals surface area contributed by atoms with Crippen molar-refractivity contribution in [1.82, 2.24) is 15.1 Å². The Kier molecular flexibility index (Phi) is 4.87. The van der Waals surface area contributed by atoms with Crippen molar-refractivity contribution in [3.63, 3.8) is 0 Å². The number of anilines is 1. The van der Waals surface area contributed by atoms with Crippen molar-refractivity contribution in [2.45, 2.75) is 38.6 Å². The van der Waals surface area contributed by atoms with Crippen LogP contribution in [0.4, 0.5) is 5.82 Å². The SMILES string of the molecule is Cc1ccc(NC2CCN(C(=O)COCC3CC3)CC2)nn1. The Morgan fingerprint density at radius 3 is 2.68 bits per heavy atom. The molecule has 6 heteroatoms. The molecule has 1 aliphatic heterocycles. The van der Waals surface area contributed by atoms with Gasteiger partial charge in [0.2, 0.25) is 5.91 Å². The number of aromatic nitrogens is 2. The van der Waals surface area contributed by atoms with Crippen molar-refractivity contribution >= 4 is 11.7 Å². The van der Waals surface area contributed by atoms with Crippen LogP contribution in [0.5, 0.6) is 0 Å². The molecule has 1 N–H and O–H groups in total. The summed E-state index contributed by atoms with van der Waals surface area (Å²) in [5, 5.41) is 11.6. The van der Waals surface area contributed by atoms with Crippen LogP contribution in [0.3, 0.4) is 0 Å². The molecule has 1 aliphatic carbocycles. The minimum atomic E-state index is 0.120. The minimum Gasteiger partial charge on any atom is -0.371 e. The minimum absolute atomic E-state index is 0.120. The van der Waals surface area contributed by atoms with Crippen molar-refractivity contribution < 1.29 is 9.53 Å². The Bertz CT molecular complexity index is 493. The highest BCUT2D eigenvalue weighted by molar-refractivity contribution is 5.77. The van der Waals surface area contributed by atoms with Crippen LogP contribution < -0.4 is 5.32 Å². The average molecular weight is 304 g/mol. The van der Waals surface area contributed by atoms with Gasteiger partial charge in [0.15, 0.2) is 0 Å². The Hall–Kier alpha value is -1.69. The number of likely N-dealkylation sites (tertiary alicyclic amines) is 1. The molecule has 0 spiro atoms. The molecule has 120 valence electrons. The van der Waals surface area contributed by atoms with Crippen LogP contribution in [0.1, 0.15) is 31.4 Å². The second-order valence-corrected chi connectivity index (χ2v) is 6.32. The number of hydrogen-bond donors (Lipinski definition) is 1. The maximum absolute atomic E-state index is 12.1. The van der Waals surface area contributed by atoms with Gasteiger partial charge in [0.05, 0.1) is 12.3 Å². The van der Waals surface area contributed by atoms with Gasteiger partial charge in [-0.3, -0.25) is 4.79 Å². The van der Waals surface area contributed by atoms with E-state index in [1.54, 1.807) is 0 Å². The molecule has 0 radical (unpaired) electrons. The Morgan fingerprint density at radius 1 is 1.27 bits per heavy atom. The predicted molar refractivity (Wildman–Crippen MR) is 83.5 cm³/mol. The number of aryl methyl sites for hydroxylation is 1. The molecule has 1 saturated heterocycles. The first-order valence-corrected chi connectivity index (χ1v) is 8.13. The topological polar surface area (TPSA) is 67.4 Å². The van der Waals surface area contributed by atoms with Crippen LogP contribution in [0, 0.1) is 12.8 Å². The second kappa shape index (κ2) is 7.05. The number of rotatable bonds is 6. The monoisotopic (exact) mass is 304 g/mol. The van der Waals surface area contributed by atoms with E-state index in [2.05, 4.69) is 15.5 Å². The number of amides is 1. The molecule has 2 fully saturated rings. The van der Waals surface area contributed by atoms with Gasteiger partial charge in [-0.25, -0.2) is 0 Å². The van der Waals surface area contributed by atoms with E-state index in [1.165, 1.54) is 12.8 Å². The van der Waals surface area contributed by atoms with Gasteiger partial charge in [-0.05, 0) is 50.7 Å². The molecule has 6 nitrogen and oxygen atoms in total. The number of hydrogen-bond acceptors (Lipinski definition) is 5. The molecule has 1 aromatic heterocycles. The van der Waals surface area contributed by atoms with E-state index >= 15 is 0 Å². The quantitative estimate of drug-likeness (QED) is 0.865. The molecular formula is C16H24N4O2. The molecule has 2 heterocycles. The van der Waals surface area contributed by atoms with Crippen LogP contribution >= 0.6 is 0 Å². The molecule has 1 amide bonds. The maximum Gasteiger partial charge on any atom is 0.248 e. The molecule has 0 atom stereocenters. The Morgan fingerprint density at radius 2 is 2.05 bits per heavy atom. The predicted octanol–water partition coefficient (Wildman–Crippen LogP) is 1.61. The third-order valence-electron chi connectivity index (χ3n) is 4.27. The molecule has 2 aliphatic rings. The highest BCUT2D eigenvalue weighted by atomic mass is 16.5. The third-order valence-corrected chi connectivity index (χ3v) is 4.27. The summed E-state index contributed by atoms with van der Waals surface area (Å²) in [4.78, 5) is 14.0. The number of carbonyl (C=O) groups excluding carboxylic acids is 1. The standard InChI is InChI=1S/C16H24N4O2/c1-12-2-5-15(19-18-12)17-14-6-8-20(9-7-14)16(21)11-22-10-13-3-4-13/h2,5,13-14H,3-4,6-11H2,1H3,(H,17,19).